The van der Waals surface area contributed by atoms with E-state index < -0.39 is 12.0 Å². The van der Waals surface area contributed by atoms with Crippen LogP contribution in [-0.4, -0.2) is 34.9 Å². The van der Waals surface area contributed by atoms with Gasteiger partial charge in [-0.05, 0) is 49.6 Å². The van der Waals surface area contributed by atoms with E-state index in [1.807, 2.05) is 42.7 Å². The lowest BCUT2D eigenvalue weighted by molar-refractivity contribution is -0.147. The van der Waals surface area contributed by atoms with E-state index >= 15 is 0 Å². The van der Waals surface area contributed by atoms with Crippen molar-refractivity contribution in [1.82, 2.24) is 10.3 Å². The van der Waals surface area contributed by atoms with Crippen molar-refractivity contribution >= 4 is 23.6 Å². The molecule has 1 N–H and O–H groups in total. The van der Waals surface area contributed by atoms with Crippen molar-refractivity contribution in [2.24, 2.45) is 0 Å². The van der Waals surface area contributed by atoms with Gasteiger partial charge in [0.2, 0.25) is 5.89 Å². The van der Waals surface area contributed by atoms with Crippen LogP contribution in [0.3, 0.4) is 0 Å². The van der Waals surface area contributed by atoms with E-state index in [0.29, 0.717) is 29.3 Å². The fourth-order valence-corrected chi connectivity index (χ4v) is 3.29. The van der Waals surface area contributed by atoms with E-state index in [2.05, 4.69) is 10.3 Å². The number of carbonyl (C=O) groups is 2. The van der Waals surface area contributed by atoms with Gasteiger partial charge in [-0.15, -0.1) is 0 Å². The zero-order valence-electron chi connectivity index (χ0n) is 17.0. The molecule has 1 atom stereocenters. The Bertz CT molecular complexity index is 973. The highest BCUT2D eigenvalue weighted by atomic mass is 32.2. The normalized spacial score (nSPS) is 11.7. The van der Waals surface area contributed by atoms with Gasteiger partial charge in [-0.2, -0.15) is 11.8 Å². The van der Waals surface area contributed by atoms with Crippen LogP contribution in [0.5, 0.6) is 0 Å². The molecule has 3 aromatic rings. The molecule has 0 aliphatic carbocycles. The highest BCUT2D eigenvalue weighted by molar-refractivity contribution is 7.98. The number of thioether (sulfide) groups is 1. The maximum Gasteiger partial charge on any atom is 0.329 e. The van der Waals surface area contributed by atoms with E-state index in [4.69, 9.17) is 9.15 Å². The molecule has 0 spiro atoms. The smallest absolute Gasteiger partial charge is 0.329 e. The van der Waals surface area contributed by atoms with Gasteiger partial charge < -0.3 is 14.5 Å². The van der Waals surface area contributed by atoms with Gasteiger partial charge in [-0.1, -0.05) is 36.4 Å². The van der Waals surface area contributed by atoms with Crippen molar-refractivity contribution in [1.29, 1.82) is 0 Å². The SMILES string of the molecule is CSCCC(NC(=O)c1ccccc1)C(=O)OCc1nc(-c2ccccc2)oc1C. The van der Waals surface area contributed by atoms with Gasteiger partial charge in [0.25, 0.3) is 5.91 Å². The number of aromatic nitrogens is 1. The van der Waals surface area contributed by atoms with Crippen molar-refractivity contribution in [3.63, 3.8) is 0 Å². The van der Waals surface area contributed by atoms with Crippen LogP contribution < -0.4 is 5.32 Å². The molecule has 0 aliphatic rings. The summed E-state index contributed by atoms with van der Waals surface area (Å²) in [5.74, 6) is 1.00. The zero-order valence-corrected chi connectivity index (χ0v) is 17.8. The molecule has 3 rings (SSSR count). The largest absolute Gasteiger partial charge is 0.458 e. The molecule has 1 amide bonds. The van der Waals surface area contributed by atoms with Crippen molar-refractivity contribution in [2.45, 2.75) is 26.0 Å². The minimum atomic E-state index is -0.731. The van der Waals surface area contributed by atoms with Gasteiger partial charge >= 0.3 is 5.97 Å². The van der Waals surface area contributed by atoms with Gasteiger partial charge in [0.1, 0.15) is 24.1 Å². The summed E-state index contributed by atoms with van der Waals surface area (Å²) in [7, 11) is 0. The molecule has 30 heavy (non-hydrogen) atoms. The Hall–Kier alpha value is -3.06. The number of benzene rings is 2. The summed E-state index contributed by atoms with van der Waals surface area (Å²) in [6.07, 6.45) is 2.43. The van der Waals surface area contributed by atoms with Crippen LogP contribution in [0.4, 0.5) is 0 Å². The lowest BCUT2D eigenvalue weighted by Gasteiger charge is -2.17. The molecule has 0 bridgehead atoms. The fourth-order valence-electron chi connectivity index (χ4n) is 2.82. The molecule has 6 nitrogen and oxygen atoms in total. The number of nitrogens with one attached hydrogen (secondary N) is 1. The maximum absolute atomic E-state index is 12.7. The second-order valence-corrected chi connectivity index (χ2v) is 7.65. The summed E-state index contributed by atoms with van der Waals surface area (Å²) >= 11 is 1.60. The van der Waals surface area contributed by atoms with Gasteiger partial charge in [0, 0.05) is 11.1 Å². The average molecular weight is 425 g/mol. The molecule has 156 valence electrons. The number of carbonyl (C=O) groups excluding carboxylic acids is 2. The van der Waals surface area contributed by atoms with Crippen LogP contribution in [0.2, 0.25) is 0 Å². The molecule has 0 aliphatic heterocycles. The predicted molar refractivity (Wildman–Crippen MR) is 117 cm³/mol. The third kappa shape index (κ3) is 5.73. The van der Waals surface area contributed by atoms with Crippen LogP contribution in [0.15, 0.2) is 65.1 Å². The number of rotatable bonds is 9. The Labute approximate surface area is 180 Å². The number of ether oxygens (including phenoxy) is 1. The fraction of sp³-hybridized carbons (Fsp3) is 0.261. The van der Waals surface area contributed by atoms with E-state index in [1.165, 1.54) is 0 Å². The molecule has 2 aromatic carbocycles. The van der Waals surface area contributed by atoms with Crippen molar-refractivity contribution in [3.8, 4) is 11.5 Å². The summed E-state index contributed by atoms with van der Waals surface area (Å²) in [5.41, 5.74) is 1.91. The van der Waals surface area contributed by atoms with E-state index in [0.717, 1.165) is 11.3 Å². The standard InChI is InChI=1S/C23H24N2O4S/c1-16-20(25-22(29-16)18-11-7-4-8-12-18)15-28-23(27)19(13-14-30-2)24-21(26)17-9-5-3-6-10-17/h3-12,19H,13-15H2,1-2H3,(H,24,26). The first-order chi connectivity index (χ1) is 14.6. The molecule has 0 fully saturated rings. The third-order valence-electron chi connectivity index (χ3n) is 4.50. The van der Waals surface area contributed by atoms with Crippen molar-refractivity contribution in [3.05, 3.63) is 77.7 Å². The van der Waals surface area contributed by atoms with Crippen LogP contribution in [-0.2, 0) is 16.1 Å². The second-order valence-electron chi connectivity index (χ2n) is 6.67. The minimum absolute atomic E-state index is 0.0159. The lowest BCUT2D eigenvalue weighted by atomic mass is 10.1. The van der Waals surface area contributed by atoms with E-state index in [1.54, 1.807) is 43.0 Å². The summed E-state index contributed by atoms with van der Waals surface area (Å²) in [4.78, 5) is 29.6. The minimum Gasteiger partial charge on any atom is -0.458 e. The van der Waals surface area contributed by atoms with Crippen LogP contribution >= 0.6 is 11.8 Å². The molecule has 0 radical (unpaired) electrons. The van der Waals surface area contributed by atoms with Crippen LogP contribution in [0, 0.1) is 6.92 Å². The number of nitrogens with zero attached hydrogens (tertiary/aromatic N) is 1. The number of esters is 1. The van der Waals surface area contributed by atoms with Crippen molar-refractivity contribution < 1.29 is 18.7 Å². The topological polar surface area (TPSA) is 81.4 Å². The van der Waals surface area contributed by atoms with Gasteiger partial charge in [0.15, 0.2) is 0 Å². The second kappa shape index (κ2) is 10.6. The first-order valence-electron chi connectivity index (χ1n) is 9.61. The maximum atomic E-state index is 12.7. The highest BCUT2D eigenvalue weighted by Crippen LogP contribution is 2.22. The summed E-state index contributed by atoms with van der Waals surface area (Å²) in [6, 6.07) is 17.6. The Balaban J connectivity index is 1.64. The molecule has 0 saturated carbocycles. The molecule has 1 heterocycles. The number of hydrogen-bond acceptors (Lipinski definition) is 6. The number of amides is 1. The van der Waals surface area contributed by atoms with E-state index in [-0.39, 0.29) is 12.5 Å². The average Bonchev–Trinajstić information content (AvgIpc) is 3.16. The highest BCUT2D eigenvalue weighted by Gasteiger charge is 2.23. The van der Waals surface area contributed by atoms with Crippen LogP contribution in [0.25, 0.3) is 11.5 Å². The summed E-state index contributed by atoms with van der Waals surface area (Å²) in [6.45, 7) is 1.77. The summed E-state index contributed by atoms with van der Waals surface area (Å²) in [5, 5.41) is 2.78. The monoisotopic (exact) mass is 424 g/mol. The van der Waals surface area contributed by atoms with Gasteiger partial charge in [-0.3, -0.25) is 4.79 Å². The first kappa shape index (κ1) is 21.6. The number of aryl methyl sites for hydroxylation is 1. The number of oxazole rings is 1. The zero-order chi connectivity index (χ0) is 21.3. The predicted octanol–water partition coefficient (Wildman–Crippen LogP) is 4.24. The Kier molecular flexibility index (Phi) is 7.68. The van der Waals surface area contributed by atoms with Gasteiger partial charge in [-0.25, -0.2) is 9.78 Å². The number of hydrogen-bond donors (Lipinski definition) is 1. The Morgan fingerprint density at radius 1 is 1.10 bits per heavy atom. The van der Waals surface area contributed by atoms with Crippen LogP contribution in [0.1, 0.15) is 28.2 Å². The quantitative estimate of drug-likeness (QED) is 0.517. The Morgan fingerprint density at radius 2 is 1.77 bits per heavy atom. The molecule has 1 aromatic heterocycles. The van der Waals surface area contributed by atoms with Crippen molar-refractivity contribution in [2.75, 3.05) is 12.0 Å². The Morgan fingerprint density at radius 3 is 2.43 bits per heavy atom. The first-order valence-corrected chi connectivity index (χ1v) is 11.0. The molecular weight excluding hydrogens is 400 g/mol. The lowest BCUT2D eigenvalue weighted by Crippen LogP contribution is -2.42. The molecular formula is C23H24N2O4S. The molecule has 7 heteroatoms. The van der Waals surface area contributed by atoms with E-state index in [9.17, 15) is 9.59 Å². The summed E-state index contributed by atoms with van der Waals surface area (Å²) < 4.78 is 11.2. The van der Waals surface area contributed by atoms with Gasteiger partial charge in [0.05, 0.1) is 0 Å². The third-order valence-corrected chi connectivity index (χ3v) is 5.14. The molecule has 1 unspecified atom stereocenters. The molecule has 0 saturated heterocycles.